The largest absolute Gasteiger partial charge is 0.359 e. The minimum absolute atomic E-state index is 0.0999. The molecule has 2 N–H and O–H groups in total. The van der Waals surface area contributed by atoms with Crippen molar-refractivity contribution in [2.75, 3.05) is 13.6 Å². The van der Waals surface area contributed by atoms with E-state index in [1.54, 1.807) is 12.1 Å². The molecule has 5 heteroatoms. The maximum absolute atomic E-state index is 11.7. The maximum Gasteiger partial charge on any atom is 0.248 e. The number of H-pyrrole nitrogens is 1. The Labute approximate surface area is 123 Å². The Hall–Kier alpha value is -2.14. The number of fused-ring (bicyclic) bond motifs is 1. The van der Waals surface area contributed by atoms with Gasteiger partial charge < -0.3 is 15.2 Å². The molecule has 20 heavy (non-hydrogen) atoms. The Morgan fingerprint density at radius 3 is 3.00 bits per heavy atom. The molecule has 0 saturated carbocycles. The van der Waals surface area contributed by atoms with Crippen molar-refractivity contribution in [2.24, 2.45) is 0 Å². The average molecular weight is 287 g/mol. The van der Waals surface area contributed by atoms with Crippen LogP contribution in [-0.2, 0) is 6.54 Å². The fourth-order valence-electron chi connectivity index (χ4n) is 2.03. The first-order valence-electron chi connectivity index (χ1n) is 6.32. The summed E-state index contributed by atoms with van der Waals surface area (Å²) in [5.74, 6) is 0. The van der Waals surface area contributed by atoms with E-state index in [1.165, 1.54) is 0 Å². The molecule has 2 aromatic rings. The second-order valence-electron chi connectivity index (χ2n) is 4.54. The molecule has 0 bridgehead atoms. The molecule has 2 rings (SSSR count). The number of aromatic nitrogens is 1. The summed E-state index contributed by atoms with van der Waals surface area (Å²) < 4.78 is 0. The summed E-state index contributed by atoms with van der Waals surface area (Å²) in [7, 11) is 1.90. The Bertz CT molecular complexity index is 693. The van der Waals surface area contributed by atoms with Crippen LogP contribution < -0.4 is 10.9 Å². The fraction of sp³-hybridized carbons (Fsp3) is 0.200. The van der Waals surface area contributed by atoms with Crippen LogP contribution in [0.5, 0.6) is 0 Å². The third-order valence-electron chi connectivity index (χ3n) is 2.99. The second-order valence-corrected chi connectivity index (χ2v) is 4.92. The van der Waals surface area contributed by atoms with E-state index in [1.807, 2.05) is 36.2 Å². The number of nitrogens with one attached hydrogen (secondary N) is 2. The van der Waals surface area contributed by atoms with Gasteiger partial charge in [0.25, 0.3) is 0 Å². The van der Waals surface area contributed by atoms with Crippen LogP contribution in [0, 0.1) is 0 Å². The van der Waals surface area contributed by atoms with Crippen molar-refractivity contribution in [2.45, 2.75) is 6.54 Å². The molecule has 0 aliphatic heterocycles. The zero-order valence-corrected chi connectivity index (χ0v) is 12.2. The lowest BCUT2D eigenvalue weighted by Crippen LogP contribution is -2.36. The highest BCUT2D eigenvalue weighted by atomic mass is 32.1. The smallest absolute Gasteiger partial charge is 0.248 e. The third-order valence-corrected chi connectivity index (χ3v) is 3.44. The molecule has 0 fully saturated rings. The van der Waals surface area contributed by atoms with Crippen LogP contribution in [0.2, 0.25) is 0 Å². The van der Waals surface area contributed by atoms with E-state index >= 15 is 0 Å². The number of para-hydroxylation sites is 1. The Kier molecular flexibility index (Phi) is 4.53. The van der Waals surface area contributed by atoms with Crippen LogP contribution in [0.4, 0.5) is 0 Å². The number of nitrogens with zero attached hydrogens (tertiary/aromatic N) is 1. The zero-order valence-electron chi connectivity index (χ0n) is 11.3. The van der Waals surface area contributed by atoms with Gasteiger partial charge in [-0.3, -0.25) is 4.79 Å². The van der Waals surface area contributed by atoms with Crippen molar-refractivity contribution in [1.82, 2.24) is 15.2 Å². The predicted octanol–water partition coefficient (Wildman–Crippen LogP) is 2.02. The Balaban J connectivity index is 2.27. The number of hydrogen-bond acceptors (Lipinski definition) is 2. The average Bonchev–Trinajstić information content (AvgIpc) is 2.44. The highest BCUT2D eigenvalue weighted by Crippen LogP contribution is 2.15. The van der Waals surface area contributed by atoms with Crippen molar-refractivity contribution in [3.63, 3.8) is 0 Å². The van der Waals surface area contributed by atoms with E-state index in [0.29, 0.717) is 18.2 Å². The van der Waals surface area contributed by atoms with E-state index in [9.17, 15) is 4.79 Å². The first kappa shape index (κ1) is 14.3. The molecule has 0 aliphatic carbocycles. The lowest BCUT2D eigenvalue weighted by Gasteiger charge is -2.21. The maximum atomic E-state index is 11.7. The predicted molar refractivity (Wildman–Crippen MR) is 86.8 cm³/mol. The van der Waals surface area contributed by atoms with Crippen LogP contribution in [0.1, 0.15) is 5.56 Å². The van der Waals surface area contributed by atoms with Gasteiger partial charge >= 0.3 is 0 Å². The van der Waals surface area contributed by atoms with Gasteiger partial charge in [-0.1, -0.05) is 24.3 Å². The first-order chi connectivity index (χ1) is 9.61. The molecule has 0 unspecified atom stereocenters. The summed E-state index contributed by atoms with van der Waals surface area (Å²) >= 11 is 5.28. The molecule has 0 radical (unpaired) electrons. The molecule has 4 nitrogen and oxygen atoms in total. The standard InChI is InChI=1S/C15H17N3OS/c1-3-8-16-15(20)18(2)10-11-9-14(19)17-13-7-5-4-6-12(11)13/h3-7,9H,1,8,10H2,2H3,(H,16,20)(H,17,19). The highest BCUT2D eigenvalue weighted by molar-refractivity contribution is 7.80. The minimum Gasteiger partial charge on any atom is -0.359 e. The van der Waals surface area contributed by atoms with Crippen molar-refractivity contribution in [1.29, 1.82) is 0 Å². The summed E-state index contributed by atoms with van der Waals surface area (Å²) in [5.41, 5.74) is 1.69. The van der Waals surface area contributed by atoms with Gasteiger partial charge in [-0.15, -0.1) is 6.58 Å². The van der Waals surface area contributed by atoms with Gasteiger partial charge in [-0.2, -0.15) is 0 Å². The van der Waals surface area contributed by atoms with E-state index in [0.717, 1.165) is 16.5 Å². The van der Waals surface area contributed by atoms with Gasteiger partial charge in [0.05, 0.1) is 0 Å². The lowest BCUT2D eigenvalue weighted by molar-refractivity contribution is 0.494. The minimum atomic E-state index is -0.0999. The SMILES string of the molecule is C=CCNC(=S)N(C)Cc1cc(=O)[nH]c2ccccc12. The Morgan fingerprint density at radius 2 is 2.25 bits per heavy atom. The molecule has 0 atom stereocenters. The number of benzene rings is 1. The highest BCUT2D eigenvalue weighted by Gasteiger charge is 2.08. The molecule has 0 amide bonds. The summed E-state index contributed by atoms with van der Waals surface area (Å²) in [6.07, 6.45) is 1.75. The van der Waals surface area contributed by atoms with E-state index in [2.05, 4.69) is 16.9 Å². The number of aromatic amines is 1. The van der Waals surface area contributed by atoms with Crippen molar-refractivity contribution in [3.8, 4) is 0 Å². The summed E-state index contributed by atoms with van der Waals surface area (Å²) in [5, 5.41) is 4.73. The number of thiocarbonyl (C=S) groups is 1. The molecule has 0 aliphatic rings. The van der Waals surface area contributed by atoms with Crippen LogP contribution >= 0.6 is 12.2 Å². The molecule has 1 aromatic carbocycles. The van der Waals surface area contributed by atoms with Gasteiger partial charge in [0.2, 0.25) is 5.56 Å². The number of pyridine rings is 1. The first-order valence-corrected chi connectivity index (χ1v) is 6.73. The molecule has 1 heterocycles. The topological polar surface area (TPSA) is 48.1 Å². The van der Waals surface area contributed by atoms with Crippen LogP contribution in [0.15, 0.2) is 47.8 Å². The third kappa shape index (κ3) is 3.24. The Morgan fingerprint density at radius 1 is 1.50 bits per heavy atom. The van der Waals surface area contributed by atoms with Crippen LogP contribution in [0.3, 0.4) is 0 Å². The monoisotopic (exact) mass is 287 g/mol. The van der Waals surface area contributed by atoms with Gasteiger partial charge in [0, 0.05) is 37.1 Å². The van der Waals surface area contributed by atoms with E-state index in [-0.39, 0.29) is 5.56 Å². The van der Waals surface area contributed by atoms with E-state index in [4.69, 9.17) is 12.2 Å². The number of rotatable bonds is 4. The van der Waals surface area contributed by atoms with Crippen molar-refractivity contribution < 1.29 is 0 Å². The zero-order chi connectivity index (χ0) is 14.5. The van der Waals surface area contributed by atoms with Crippen LogP contribution in [0.25, 0.3) is 10.9 Å². The summed E-state index contributed by atoms with van der Waals surface area (Å²) in [6, 6.07) is 9.37. The lowest BCUT2D eigenvalue weighted by atomic mass is 10.1. The molecule has 104 valence electrons. The fourth-order valence-corrected chi connectivity index (χ4v) is 2.18. The van der Waals surface area contributed by atoms with Crippen molar-refractivity contribution >= 4 is 28.2 Å². The second kappa shape index (κ2) is 6.34. The van der Waals surface area contributed by atoms with Gasteiger partial charge in [0.15, 0.2) is 5.11 Å². The summed E-state index contributed by atoms with van der Waals surface area (Å²) in [4.78, 5) is 16.4. The van der Waals surface area contributed by atoms with Crippen molar-refractivity contribution in [3.05, 3.63) is 58.9 Å². The quantitative estimate of drug-likeness (QED) is 0.667. The summed E-state index contributed by atoms with van der Waals surface area (Å²) in [6.45, 7) is 4.84. The van der Waals surface area contributed by atoms with Crippen LogP contribution in [-0.4, -0.2) is 28.6 Å². The van der Waals surface area contributed by atoms with E-state index < -0.39 is 0 Å². The molecule has 0 spiro atoms. The molecule has 0 saturated heterocycles. The van der Waals surface area contributed by atoms with Gasteiger partial charge in [-0.05, 0) is 23.8 Å². The van der Waals surface area contributed by atoms with Gasteiger partial charge in [0.1, 0.15) is 0 Å². The molecule has 1 aromatic heterocycles. The molecular formula is C15H17N3OS. The van der Waals surface area contributed by atoms with Gasteiger partial charge in [-0.25, -0.2) is 0 Å². The molecular weight excluding hydrogens is 270 g/mol. The number of hydrogen-bond donors (Lipinski definition) is 2. The normalized spacial score (nSPS) is 10.2.